The minimum absolute atomic E-state index is 0.146. The molecular formula is C20H21N3O3S2. The number of hydrogen-bond donors (Lipinski definition) is 2. The lowest BCUT2D eigenvalue weighted by atomic mass is 10.2. The molecular weight excluding hydrogens is 394 g/mol. The summed E-state index contributed by atoms with van der Waals surface area (Å²) in [5, 5.41) is 6.76. The minimum atomic E-state index is -3.30. The fourth-order valence-corrected chi connectivity index (χ4v) is 6.06. The number of nitrogens with one attached hydrogen (secondary N) is 2. The van der Waals surface area contributed by atoms with E-state index in [1.807, 2.05) is 12.1 Å². The van der Waals surface area contributed by atoms with Crippen molar-refractivity contribution in [3.05, 3.63) is 59.2 Å². The van der Waals surface area contributed by atoms with Crippen LogP contribution in [-0.2, 0) is 16.4 Å². The number of carbonyl (C=O) groups excluding carboxylic acids is 1. The van der Waals surface area contributed by atoms with Crippen molar-refractivity contribution in [3.8, 4) is 0 Å². The van der Waals surface area contributed by atoms with Crippen LogP contribution in [0, 0.1) is 0 Å². The average molecular weight is 416 g/mol. The molecule has 4 rings (SSSR count). The molecule has 146 valence electrons. The fourth-order valence-electron chi connectivity index (χ4n) is 3.36. The summed E-state index contributed by atoms with van der Waals surface area (Å²) in [7, 11) is -3.30. The number of nitrogens with zero attached hydrogens (tertiary/aromatic N) is 1. The summed E-state index contributed by atoms with van der Waals surface area (Å²) in [4.78, 5) is 17.5. The number of amides is 1. The van der Waals surface area contributed by atoms with Gasteiger partial charge in [-0.1, -0.05) is 12.1 Å². The van der Waals surface area contributed by atoms with Crippen molar-refractivity contribution < 1.29 is 13.2 Å². The summed E-state index contributed by atoms with van der Waals surface area (Å²) in [6.45, 7) is 1.82. The van der Waals surface area contributed by atoms with Crippen LogP contribution in [-0.4, -0.2) is 37.6 Å². The first-order chi connectivity index (χ1) is 13.5. The summed E-state index contributed by atoms with van der Waals surface area (Å²) in [5.74, 6) is -0.146. The predicted molar refractivity (Wildman–Crippen MR) is 110 cm³/mol. The molecule has 0 atom stereocenters. The highest BCUT2D eigenvalue weighted by Crippen LogP contribution is 2.25. The molecule has 0 bridgehead atoms. The highest BCUT2D eigenvalue weighted by Gasteiger charge is 2.28. The molecule has 1 amide bonds. The van der Waals surface area contributed by atoms with Crippen LogP contribution >= 0.6 is 11.3 Å². The van der Waals surface area contributed by atoms with E-state index in [-0.39, 0.29) is 11.2 Å². The molecule has 1 aliphatic heterocycles. The molecule has 3 aromatic rings. The number of thiophene rings is 1. The molecule has 0 saturated carbocycles. The first kappa shape index (κ1) is 19.0. The maximum atomic E-state index is 12.7. The van der Waals surface area contributed by atoms with Crippen molar-refractivity contribution >= 4 is 37.2 Å². The molecule has 0 radical (unpaired) electrons. The third kappa shape index (κ3) is 3.94. The molecule has 1 aliphatic rings. The second kappa shape index (κ2) is 7.98. The topological polar surface area (TPSA) is 88.2 Å². The van der Waals surface area contributed by atoms with Crippen LogP contribution in [0.25, 0.3) is 10.1 Å². The first-order valence-corrected chi connectivity index (χ1v) is 11.6. The Bertz CT molecular complexity index is 1050. The summed E-state index contributed by atoms with van der Waals surface area (Å²) < 4.78 is 26.4. The lowest BCUT2D eigenvalue weighted by Gasteiger charge is -2.22. The zero-order valence-electron chi connectivity index (χ0n) is 15.2. The average Bonchev–Trinajstić information content (AvgIpc) is 3.17. The van der Waals surface area contributed by atoms with Crippen LogP contribution < -0.4 is 10.6 Å². The Labute approximate surface area is 167 Å². The Hall–Kier alpha value is -2.29. The predicted octanol–water partition coefficient (Wildman–Crippen LogP) is 2.75. The largest absolute Gasteiger partial charge is 0.347 e. The van der Waals surface area contributed by atoms with Gasteiger partial charge in [0, 0.05) is 18.9 Å². The highest BCUT2D eigenvalue weighted by molar-refractivity contribution is 7.92. The van der Waals surface area contributed by atoms with Crippen LogP contribution in [0.1, 0.15) is 28.1 Å². The molecule has 1 aromatic carbocycles. The van der Waals surface area contributed by atoms with E-state index in [4.69, 9.17) is 0 Å². The molecule has 3 heterocycles. The maximum Gasteiger partial charge on any atom is 0.261 e. The molecule has 1 saturated heterocycles. The van der Waals surface area contributed by atoms with Gasteiger partial charge in [0.05, 0.1) is 19.7 Å². The van der Waals surface area contributed by atoms with Crippen molar-refractivity contribution in [1.29, 1.82) is 0 Å². The number of rotatable bonds is 5. The van der Waals surface area contributed by atoms with Gasteiger partial charge in [-0.15, -0.1) is 11.3 Å². The van der Waals surface area contributed by atoms with Gasteiger partial charge in [-0.05, 0) is 61.1 Å². The van der Waals surface area contributed by atoms with E-state index < -0.39 is 9.84 Å². The van der Waals surface area contributed by atoms with Crippen LogP contribution in [0.2, 0.25) is 0 Å². The van der Waals surface area contributed by atoms with E-state index >= 15 is 0 Å². The summed E-state index contributed by atoms with van der Waals surface area (Å²) >= 11 is 1.40. The second-order valence-electron chi connectivity index (χ2n) is 6.85. The molecule has 6 nitrogen and oxygen atoms in total. The number of aromatic nitrogens is 1. The zero-order valence-corrected chi connectivity index (χ0v) is 16.9. The van der Waals surface area contributed by atoms with Crippen molar-refractivity contribution in [3.63, 3.8) is 0 Å². The lowest BCUT2D eigenvalue weighted by molar-refractivity contribution is 0.0955. The molecule has 2 N–H and O–H groups in total. The van der Waals surface area contributed by atoms with Crippen LogP contribution in [0.3, 0.4) is 0 Å². The van der Waals surface area contributed by atoms with Crippen LogP contribution in [0.5, 0.6) is 0 Å². The number of benzene rings is 1. The number of piperidine rings is 1. The molecule has 28 heavy (non-hydrogen) atoms. The Morgan fingerprint density at radius 3 is 2.64 bits per heavy atom. The van der Waals surface area contributed by atoms with Crippen LogP contribution in [0.4, 0.5) is 0 Å². The summed E-state index contributed by atoms with van der Waals surface area (Å²) in [5.41, 5.74) is 0.861. The van der Waals surface area contributed by atoms with Crippen molar-refractivity contribution in [2.24, 2.45) is 0 Å². The minimum Gasteiger partial charge on any atom is -0.347 e. The standard InChI is InChI=1S/C20H21N3O3S2/c24-20(18-11-15-5-8-22-13-19(15)27-18)23-12-14-1-3-16(4-2-14)28(25,26)17-6-9-21-10-7-17/h1-5,8,11,13,17,21H,6-7,9-10,12H2,(H,23,24). The Morgan fingerprint density at radius 1 is 1.18 bits per heavy atom. The van der Waals surface area contributed by atoms with Gasteiger partial charge in [-0.3, -0.25) is 9.78 Å². The molecule has 1 fully saturated rings. The Kier molecular flexibility index (Phi) is 5.43. The van der Waals surface area contributed by atoms with Crippen molar-refractivity contribution in [2.75, 3.05) is 13.1 Å². The summed E-state index contributed by atoms with van der Waals surface area (Å²) in [6.07, 6.45) is 4.74. The molecule has 0 aliphatic carbocycles. The lowest BCUT2D eigenvalue weighted by Crippen LogP contribution is -2.35. The second-order valence-corrected chi connectivity index (χ2v) is 10.2. The maximum absolute atomic E-state index is 12.7. The van der Waals surface area contributed by atoms with E-state index in [1.54, 1.807) is 36.7 Å². The SMILES string of the molecule is O=C(NCc1ccc(S(=O)(=O)C2CCNCC2)cc1)c1cc2ccncc2s1. The van der Waals surface area contributed by atoms with Gasteiger partial charge in [-0.2, -0.15) is 0 Å². The number of carbonyl (C=O) groups is 1. The number of hydrogen-bond acceptors (Lipinski definition) is 6. The molecule has 2 aromatic heterocycles. The van der Waals surface area contributed by atoms with E-state index in [1.165, 1.54) is 11.3 Å². The molecule has 0 unspecified atom stereocenters. The van der Waals surface area contributed by atoms with Gasteiger partial charge in [0.25, 0.3) is 5.91 Å². The van der Waals surface area contributed by atoms with Gasteiger partial charge in [0.2, 0.25) is 0 Å². The smallest absolute Gasteiger partial charge is 0.261 e. The van der Waals surface area contributed by atoms with Crippen molar-refractivity contribution in [1.82, 2.24) is 15.6 Å². The van der Waals surface area contributed by atoms with Gasteiger partial charge in [0.15, 0.2) is 9.84 Å². The number of pyridine rings is 1. The first-order valence-electron chi connectivity index (χ1n) is 9.19. The Balaban J connectivity index is 1.41. The van der Waals surface area contributed by atoms with E-state index in [0.29, 0.717) is 29.2 Å². The number of sulfone groups is 1. The zero-order chi connectivity index (χ0) is 19.6. The Morgan fingerprint density at radius 2 is 1.93 bits per heavy atom. The van der Waals surface area contributed by atoms with Gasteiger partial charge >= 0.3 is 0 Å². The van der Waals surface area contributed by atoms with Crippen molar-refractivity contribution in [2.45, 2.75) is 29.5 Å². The normalized spacial score (nSPS) is 15.6. The third-order valence-electron chi connectivity index (χ3n) is 4.98. The summed E-state index contributed by atoms with van der Waals surface area (Å²) in [6, 6.07) is 10.6. The molecule has 0 spiro atoms. The van der Waals surface area contributed by atoms with Crippen LogP contribution in [0.15, 0.2) is 53.7 Å². The molecule has 8 heteroatoms. The highest BCUT2D eigenvalue weighted by atomic mass is 32.2. The van der Waals surface area contributed by atoms with Gasteiger partial charge in [0.1, 0.15) is 0 Å². The van der Waals surface area contributed by atoms with Gasteiger partial charge < -0.3 is 10.6 Å². The quantitative estimate of drug-likeness (QED) is 0.669. The van der Waals surface area contributed by atoms with E-state index in [9.17, 15) is 13.2 Å². The van der Waals surface area contributed by atoms with Gasteiger partial charge in [-0.25, -0.2) is 8.42 Å². The fraction of sp³-hybridized carbons (Fsp3) is 0.300. The van der Waals surface area contributed by atoms with E-state index in [0.717, 1.165) is 28.7 Å². The monoisotopic (exact) mass is 415 g/mol. The third-order valence-corrected chi connectivity index (χ3v) is 8.34. The number of fused-ring (bicyclic) bond motifs is 1. The van der Waals surface area contributed by atoms with E-state index in [2.05, 4.69) is 15.6 Å².